The van der Waals surface area contributed by atoms with Crippen molar-refractivity contribution in [1.82, 2.24) is 24.5 Å². The lowest BCUT2D eigenvalue weighted by Gasteiger charge is -2.26. The predicted octanol–water partition coefficient (Wildman–Crippen LogP) is 4.12. The van der Waals surface area contributed by atoms with Crippen LogP contribution in [0.5, 0.6) is 0 Å². The average Bonchev–Trinajstić information content (AvgIpc) is 3.25. The number of amides is 1. The summed E-state index contributed by atoms with van der Waals surface area (Å²) in [7, 11) is 0. The van der Waals surface area contributed by atoms with E-state index in [0.717, 1.165) is 44.2 Å². The molecule has 1 aromatic carbocycles. The SMILES string of the molecule is Cc1cnc2ccc(-c3ccccc3C(F)F)nn12.O=CNc1cccc(CN2CCOCC2)n1. The lowest BCUT2D eigenvalue weighted by molar-refractivity contribution is -0.105. The van der Waals surface area contributed by atoms with Crippen molar-refractivity contribution in [3.63, 3.8) is 0 Å². The molecule has 4 aromatic rings. The van der Waals surface area contributed by atoms with E-state index in [1.807, 2.05) is 19.1 Å². The van der Waals surface area contributed by atoms with E-state index >= 15 is 0 Å². The molecule has 1 aliphatic rings. The number of ether oxygens (including phenoxy) is 1. The third-order valence-electron chi connectivity index (χ3n) is 5.51. The molecule has 1 saturated heterocycles. The second-order valence-electron chi connectivity index (χ2n) is 7.94. The van der Waals surface area contributed by atoms with E-state index in [2.05, 4.69) is 25.3 Å². The predicted molar refractivity (Wildman–Crippen MR) is 128 cm³/mol. The number of nitrogens with zero attached hydrogens (tertiary/aromatic N) is 5. The van der Waals surface area contributed by atoms with Gasteiger partial charge in [-0.25, -0.2) is 23.3 Å². The smallest absolute Gasteiger partial charge is 0.264 e. The topological polar surface area (TPSA) is 84.7 Å². The number of halogens is 2. The zero-order valence-corrected chi connectivity index (χ0v) is 19.3. The number of morpholine rings is 1. The van der Waals surface area contributed by atoms with Gasteiger partial charge in [0.2, 0.25) is 6.41 Å². The van der Waals surface area contributed by atoms with Crippen LogP contribution in [0.25, 0.3) is 16.9 Å². The second-order valence-corrected chi connectivity index (χ2v) is 7.94. The van der Waals surface area contributed by atoms with Gasteiger partial charge in [-0.3, -0.25) is 9.69 Å². The van der Waals surface area contributed by atoms with Gasteiger partial charge in [0.05, 0.1) is 36.5 Å². The number of nitrogens with one attached hydrogen (secondary N) is 1. The number of carbonyl (C=O) groups is 1. The highest BCUT2D eigenvalue weighted by Gasteiger charge is 2.15. The van der Waals surface area contributed by atoms with Crippen LogP contribution in [0.4, 0.5) is 14.6 Å². The van der Waals surface area contributed by atoms with Gasteiger partial charge >= 0.3 is 0 Å². The molecule has 0 bridgehead atoms. The van der Waals surface area contributed by atoms with Crippen LogP contribution >= 0.6 is 0 Å². The van der Waals surface area contributed by atoms with Crippen molar-refractivity contribution in [2.45, 2.75) is 19.9 Å². The number of pyridine rings is 1. The van der Waals surface area contributed by atoms with Gasteiger partial charge in [0.15, 0.2) is 5.65 Å². The molecule has 8 nitrogen and oxygen atoms in total. The first kappa shape index (κ1) is 24.4. The molecule has 0 unspecified atom stereocenters. The number of anilines is 1. The molecule has 10 heteroatoms. The Morgan fingerprint density at radius 1 is 1.09 bits per heavy atom. The Morgan fingerprint density at radius 3 is 2.66 bits per heavy atom. The fraction of sp³-hybridized carbons (Fsp3) is 0.280. The standard InChI is InChI=1S/C14H11F2N3.C11H15N3O2/c1-9-8-17-13-7-6-12(18-19(9)13)10-4-2-3-5-11(10)14(15)16;15-9-12-11-3-1-2-10(13-11)8-14-4-6-16-7-5-14/h2-8,14H,1H3;1-3,9H,4-8H2,(H,12,13,15). The lowest BCUT2D eigenvalue weighted by Crippen LogP contribution is -2.35. The summed E-state index contributed by atoms with van der Waals surface area (Å²) in [6.07, 6.45) is -0.177. The third kappa shape index (κ3) is 6.23. The number of aryl methyl sites for hydroxylation is 1. The number of benzene rings is 1. The Kier molecular flexibility index (Phi) is 8.07. The van der Waals surface area contributed by atoms with Crippen LogP contribution in [0.2, 0.25) is 0 Å². The Morgan fingerprint density at radius 2 is 1.89 bits per heavy atom. The highest BCUT2D eigenvalue weighted by Crippen LogP contribution is 2.29. The van der Waals surface area contributed by atoms with Crippen molar-refractivity contribution in [3.8, 4) is 11.3 Å². The number of rotatable bonds is 6. The summed E-state index contributed by atoms with van der Waals surface area (Å²) >= 11 is 0. The molecule has 0 saturated carbocycles. The Hall–Kier alpha value is -3.76. The third-order valence-corrected chi connectivity index (χ3v) is 5.51. The maximum Gasteiger partial charge on any atom is 0.264 e. The summed E-state index contributed by atoms with van der Waals surface area (Å²) in [5.41, 5.74) is 3.50. The first-order valence-corrected chi connectivity index (χ1v) is 11.2. The van der Waals surface area contributed by atoms with Gasteiger partial charge in [-0.2, -0.15) is 5.10 Å². The Bertz CT molecular complexity index is 1270. The van der Waals surface area contributed by atoms with Crippen LogP contribution in [0.1, 0.15) is 23.4 Å². The molecule has 1 fully saturated rings. The molecule has 35 heavy (non-hydrogen) atoms. The van der Waals surface area contributed by atoms with E-state index in [-0.39, 0.29) is 5.56 Å². The first-order valence-electron chi connectivity index (χ1n) is 11.2. The van der Waals surface area contributed by atoms with Crippen molar-refractivity contribution in [2.24, 2.45) is 0 Å². The quantitative estimate of drug-likeness (QED) is 0.418. The van der Waals surface area contributed by atoms with Gasteiger partial charge in [-0.1, -0.05) is 30.3 Å². The van der Waals surface area contributed by atoms with Crippen molar-refractivity contribution < 1.29 is 18.3 Å². The largest absolute Gasteiger partial charge is 0.379 e. The Labute approximate surface area is 201 Å². The molecule has 1 amide bonds. The van der Waals surface area contributed by atoms with Crippen LogP contribution in [0, 0.1) is 6.92 Å². The zero-order chi connectivity index (χ0) is 24.6. The molecule has 1 N–H and O–H groups in total. The first-order chi connectivity index (χ1) is 17.0. The molecule has 0 spiro atoms. The van der Waals surface area contributed by atoms with Crippen LogP contribution in [-0.2, 0) is 16.1 Å². The molecule has 0 atom stereocenters. The second kappa shape index (κ2) is 11.6. The number of aromatic nitrogens is 4. The normalized spacial score (nSPS) is 13.9. The fourth-order valence-electron chi connectivity index (χ4n) is 3.75. The minimum Gasteiger partial charge on any atom is -0.379 e. The fourth-order valence-corrected chi connectivity index (χ4v) is 3.75. The summed E-state index contributed by atoms with van der Waals surface area (Å²) in [5.74, 6) is 0.598. The molecule has 182 valence electrons. The number of fused-ring (bicyclic) bond motifs is 1. The van der Waals surface area contributed by atoms with Crippen molar-refractivity contribution >= 4 is 17.9 Å². The maximum atomic E-state index is 13.0. The van der Waals surface area contributed by atoms with Crippen LogP contribution in [-0.4, -0.2) is 57.2 Å². The van der Waals surface area contributed by atoms with Crippen molar-refractivity contribution in [2.75, 3.05) is 31.6 Å². The van der Waals surface area contributed by atoms with Crippen molar-refractivity contribution in [1.29, 1.82) is 0 Å². The van der Waals surface area contributed by atoms with Gasteiger partial charge < -0.3 is 10.1 Å². The average molecular weight is 481 g/mol. The van der Waals surface area contributed by atoms with E-state index < -0.39 is 6.43 Å². The number of hydrogen-bond donors (Lipinski definition) is 1. The molecule has 3 aromatic heterocycles. The molecular weight excluding hydrogens is 454 g/mol. The highest BCUT2D eigenvalue weighted by molar-refractivity contribution is 5.68. The highest BCUT2D eigenvalue weighted by atomic mass is 19.3. The minimum absolute atomic E-state index is 0.00730. The van der Waals surface area contributed by atoms with E-state index in [1.54, 1.807) is 47.1 Å². The maximum absolute atomic E-state index is 13.0. The van der Waals surface area contributed by atoms with E-state index in [4.69, 9.17) is 4.74 Å². The molecular formula is C25H26F2N6O2. The van der Waals surface area contributed by atoms with E-state index in [0.29, 0.717) is 29.1 Å². The van der Waals surface area contributed by atoms with Crippen LogP contribution < -0.4 is 5.32 Å². The summed E-state index contributed by atoms with van der Waals surface area (Å²) < 4.78 is 32.9. The van der Waals surface area contributed by atoms with Gasteiger partial charge in [0.25, 0.3) is 6.43 Å². The van der Waals surface area contributed by atoms with E-state index in [9.17, 15) is 13.6 Å². The number of imidazole rings is 1. The molecule has 0 aliphatic carbocycles. The number of carbonyl (C=O) groups excluding carboxylic acids is 1. The van der Waals surface area contributed by atoms with Gasteiger partial charge in [0, 0.05) is 30.8 Å². The molecule has 5 rings (SSSR count). The number of hydrogen-bond acceptors (Lipinski definition) is 6. The molecule has 4 heterocycles. The van der Waals surface area contributed by atoms with Gasteiger partial charge in [-0.05, 0) is 31.2 Å². The molecule has 0 radical (unpaired) electrons. The molecule has 1 aliphatic heterocycles. The summed E-state index contributed by atoms with van der Waals surface area (Å²) in [5, 5.41) is 6.92. The lowest BCUT2D eigenvalue weighted by atomic mass is 10.0. The monoisotopic (exact) mass is 480 g/mol. The summed E-state index contributed by atoms with van der Waals surface area (Å²) in [4.78, 5) is 21.1. The number of alkyl halides is 2. The Balaban J connectivity index is 0.000000168. The van der Waals surface area contributed by atoms with Gasteiger partial charge in [0.1, 0.15) is 5.82 Å². The van der Waals surface area contributed by atoms with Gasteiger partial charge in [-0.15, -0.1) is 0 Å². The summed E-state index contributed by atoms with van der Waals surface area (Å²) in [6, 6.07) is 15.5. The van der Waals surface area contributed by atoms with Crippen LogP contribution in [0.15, 0.2) is 60.8 Å². The van der Waals surface area contributed by atoms with Crippen molar-refractivity contribution in [3.05, 3.63) is 77.7 Å². The zero-order valence-electron chi connectivity index (χ0n) is 19.3. The summed E-state index contributed by atoms with van der Waals surface area (Å²) in [6.45, 7) is 6.12. The van der Waals surface area contributed by atoms with E-state index in [1.165, 1.54) is 6.07 Å². The van der Waals surface area contributed by atoms with Crippen LogP contribution in [0.3, 0.4) is 0 Å². The minimum atomic E-state index is -2.52.